The molecular formula is C40H44ClN3O10. The molecule has 0 saturated heterocycles. The van der Waals surface area contributed by atoms with Crippen molar-refractivity contribution < 1.29 is 49.0 Å². The van der Waals surface area contributed by atoms with Gasteiger partial charge in [0.1, 0.15) is 11.9 Å². The Morgan fingerprint density at radius 1 is 0.759 bits per heavy atom. The molecule has 0 aromatic heterocycles. The Hall–Kier alpha value is -5.05. The van der Waals surface area contributed by atoms with E-state index < -0.39 is 12.3 Å². The number of amides is 1. The van der Waals surface area contributed by atoms with E-state index in [-0.39, 0.29) is 32.3 Å². The van der Waals surface area contributed by atoms with Crippen LogP contribution in [0.4, 0.5) is 5.69 Å². The SMILES string of the molecule is COc1cc(C2CC(c3cc(CO)c(CO)c(CO)c3)=NO2)cc(OC)c1OCCCCCOc1ccc(C2NC(=O)c3cc(Cl)ccc3N2)cc1CO. The van der Waals surface area contributed by atoms with Crippen LogP contribution in [-0.2, 0) is 31.3 Å². The van der Waals surface area contributed by atoms with Crippen LogP contribution < -0.4 is 29.6 Å². The summed E-state index contributed by atoms with van der Waals surface area (Å²) in [6.45, 7) is -0.222. The Balaban J connectivity index is 0.994. The molecular weight excluding hydrogens is 718 g/mol. The van der Waals surface area contributed by atoms with E-state index in [2.05, 4.69) is 15.8 Å². The molecule has 54 heavy (non-hydrogen) atoms. The van der Waals surface area contributed by atoms with Crippen LogP contribution in [0.2, 0.25) is 5.02 Å². The van der Waals surface area contributed by atoms with Gasteiger partial charge in [0.05, 0.1) is 65.1 Å². The van der Waals surface area contributed by atoms with Crippen LogP contribution in [0.15, 0.2) is 65.8 Å². The molecule has 0 saturated carbocycles. The topological polar surface area (TPSA) is 181 Å². The molecule has 6 N–H and O–H groups in total. The van der Waals surface area contributed by atoms with Gasteiger partial charge >= 0.3 is 0 Å². The van der Waals surface area contributed by atoms with Crippen molar-refractivity contribution in [2.45, 2.75) is 64.4 Å². The molecule has 2 unspecified atom stereocenters. The molecule has 4 aromatic rings. The van der Waals surface area contributed by atoms with E-state index in [4.69, 9.17) is 35.4 Å². The van der Waals surface area contributed by atoms with Gasteiger partial charge in [0.25, 0.3) is 5.91 Å². The van der Waals surface area contributed by atoms with E-state index in [0.29, 0.717) is 92.4 Å². The first-order valence-corrected chi connectivity index (χ1v) is 18.0. The Morgan fingerprint density at radius 2 is 1.44 bits per heavy atom. The molecule has 2 aliphatic heterocycles. The third-order valence-electron chi connectivity index (χ3n) is 9.47. The molecule has 286 valence electrons. The number of fused-ring (bicyclic) bond motifs is 1. The molecule has 6 rings (SSSR count). The third-order valence-corrected chi connectivity index (χ3v) is 9.71. The lowest BCUT2D eigenvalue weighted by Crippen LogP contribution is -2.38. The van der Waals surface area contributed by atoms with E-state index in [1.165, 1.54) is 0 Å². The molecule has 0 fully saturated rings. The number of nitrogens with zero attached hydrogens (tertiary/aromatic N) is 1. The number of carbonyl (C=O) groups excluding carboxylic acids is 1. The van der Waals surface area contributed by atoms with E-state index in [9.17, 15) is 25.2 Å². The van der Waals surface area contributed by atoms with Crippen LogP contribution in [0.5, 0.6) is 23.0 Å². The number of nitrogens with one attached hydrogen (secondary N) is 2. The summed E-state index contributed by atoms with van der Waals surface area (Å²) in [7, 11) is 3.11. The van der Waals surface area contributed by atoms with Crippen LogP contribution >= 0.6 is 11.6 Å². The molecule has 0 aliphatic carbocycles. The smallest absolute Gasteiger partial charge is 0.255 e. The Labute approximate surface area is 318 Å². The summed E-state index contributed by atoms with van der Waals surface area (Å²) in [5, 5.41) is 50.4. The van der Waals surface area contributed by atoms with Crippen molar-refractivity contribution in [3.63, 3.8) is 0 Å². The molecule has 2 aliphatic rings. The fraction of sp³-hybridized carbons (Fsp3) is 0.350. The number of unbranched alkanes of at least 4 members (excludes halogenated alkanes) is 2. The number of ether oxygens (including phenoxy) is 4. The maximum atomic E-state index is 12.7. The van der Waals surface area contributed by atoms with Crippen LogP contribution in [0, 0.1) is 0 Å². The normalized spacial score (nSPS) is 16.1. The van der Waals surface area contributed by atoms with E-state index >= 15 is 0 Å². The van der Waals surface area contributed by atoms with Crippen LogP contribution in [0.1, 0.15) is 87.3 Å². The largest absolute Gasteiger partial charge is 0.493 e. The lowest BCUT2D eigenvalue weighted by Gasteiger charge is -2.28. The zero-order valence-electron chi connectivity index (χ0n) is 30.1. The molecule has 0 radical (unpaired) electrons. The second-order valence-corrected chi connectivity index (χ2v) is 13.3. The first-order chi connectivity index (χ1) is 26.3. The number of methoxy groups -OCH3 is 2. The van der Waals surface area contributed by atoms with Crippen molar-refractivity contribution in [2.24, 2.45) is 5.16 Å². The highest BCUT2D eigenvalue weighted by atomic mass is 35.5. The number of anilines is 1. The number of aliphatic hydroxyl groups is 4. The zero-order chi connectivity index (χ0) is 38.2. The molecule has 0 bridgehead atoms. The first-order valence-electron chi connectivity index (χ1n) is 17.6. The van der Waals surface area contributed by atoms with Crippen molar-refractivity contribution in [3.05, 3.63) is 110 Å². The van der Waals surface area contributed by atoms with Crippen molar-refractivity contribution >= 4 is 28.9 Å². The number of hydrogen-bond donors (Lipinski definition) is 6. The van der Waals surface area contributed by atoms with Gasteiger partial charge in [-0.1, -0.05) is 22.8 Å². The maximum Gasteiger partial charge on any atom is 0.255 e. The summed E-state index contributed by atoms with van der Waals surface area (Å²) in [5.74, 6) is 1.79. The van der Waals surface area contributed by atoms with Gasteiger partial charge in [0.2, 0.25) is 5.75 Å². The van der Waals surface area contributed by atoms with Crippen molar-refractivity contribution in [3.8, 4) is 23.0 Å². The summed E-state index contributed by atoms with van der Waals surface area (Å²) < 4.78 is 23.5. The monoisotopic (exact) mass is 761 g/mol. The molecule has 4 aromatic carbocycles. The summed E-state index contributed by atoms with van der Waals surface area (Å²) in [6.07, 6.45) is 1.84. The van der Waals surface area contributed by atoms with Gasteiger partial charge in [-0.15, -0.1) is 0 Å². The highest BCUT2D eigenvalue weighted by Crippen LogP contribution is 2.43. The average Bonchev–Trinajstić information content (AvgIpc) is 3.70. The molecule has 2 heterocycles. The van der Waals surface area contributed by atoms with Crippen molar-refractivity contribution in [2.75, 3.05) is 32.8 Å². The fourth-order valence-corrected chi connectivity index (χ4v) is 6.75. The average molecular weight is 762 g/mol. The van der Waals surface area contributed by atoms with Crippen LogP contribution in [-0.4, -0.2) is 59.5 Å². The van der Waals surface area contributed by atoms with E-state index in [1.807, 2.05) is 24.3 Å². The predicted octanol–water partition coefficient (Wildman–Crippen LogP) is 5.67. The minimum absolute atomic E-state index is 0.219. The number of hydrogen-bond acceptors (Lipinski definition) is 12. The third kappa shape index (κ3) is 8.51. The summed E-state index contributed by atoms with van der Waals surface area (Å²) in [6, 6.07) is 17.8. The number of carbonyl (C=O) groups is 1. The number of oxime groups is 1. The number of benzene rings is 4. The predicted molar refractivity (Wildman–Crippen MR) is 201 cm³/mol. The quantitative estimate of drug-likeness (QED) is 0.0730. The molecule has 14 heteroatoms. The van der Waals surface area contributed by atoms with Gasteiger partial charge in [-0.05, 0) is 96.1 Å². The van der Waals surface area contributed by atoms with E-state index in [0.717, 1.165) is 30.4 Å². The fourth-order valence-electron chi connectivity index (χ4n) is 6.58. The Bertz CT molecular complexity index is 1950. The van der Waals surface area contributed by atoms with Gasteiger partial charge in [0, 0.05) is 33.8 Å². The van der Waals surface area contributed by atoms with Crippen LogP contribution in [0.3, 0.4) is 0 Å². The van der Waals surface area contributed by atoms with Gasteiger partial charge in [-0.25, -0.2) is 0 Å². The molecule has 0 spiro atoms. The maximum absolute atomic E-state index is 12.7. The van der Waals surface area contributed by atoms with Gasteiger partial charge in [-0.2, -0.15) is 0 Å². The lowest BCUT2D eigenvalue weighted by molar-refractivity contribution is 0.0852. The zero-order valence-corrected chi connectivity index (χ0v) is 30.8. The Kier molecular flexibility index (Phi) is 12.8. The van der Waals surface area contributed by atoms with Crippen molar-refractivity contribution in [1.29, 1.82) is 0 Å². The standard InChI is InChI=1S/C40H44ClN3O10/c1-50-36-15-25(35-18-33(44-54-35)24-13-26(19-45)31(22-48)27(14-24)20-46)16-37(51-2)38(36)53-11-5-3-4-10-52-34-9-6-23(12-28(34)21-47)39-42-32-8-7-29(41)17-30(32)40(49)43-39/h6-9,12-17,35,39,42,45-48H,3-5,10-11,18-22H2,1-2H3,(H,43,49). The molecule has 13 nitrogen and oxygen atoms in total. The molecule has 2 atom stereocenters. The highest BCUT2D eigenvalue weighted by molar-refractivity contribution is 6.31. The van der Waals surface area contributed by atoms with Gasteiger partial charge < -0.3 is 54.8 Å². The van der Waals surface area contributed by atoms with Gasteiger partial charge in [0.15, 0.2) is 17.6 Å². The second-order valence-electron chi connectivity index (χ2n) is 12.9. The van der Waals surface area contributed by atoms with E-state index in [1.54, 1.807) is 50.6 Å². The lowest BCUT2D eigenvalue weighted by atomic mass is 9.93. The number of halogens is 1. The Morgan fingerprint density at radius 3 is 2.09 bits per heavy atom. The van der Waals surface area contributed by atoms with Crippen molar-refractivity contribution in [1.82, 2.24) is 5.32 Å². The number of rotatable bonds is 17. The second kappa shape index (κ2) is 17.9. The first kappa shape index (κ1) is 38.7. The van der Waals surface area contributed by atoms with Gasteiger partial charge in [-0.3, -0.25) is 4.79 Å². The van der Waals surface area contributed by atoms with Crippen LogP contribution in [0.25, 0.3) is 0 Å². The number of aliphatic hydroxyl groups excluding tert-OH is 4. The molecule has 1 amide bonds. The highest BCUT2D eigenvalue weighted by Gasteiger charge is 2.28. The summed E-state index contributed by atoms with van der Waals surface area (Å²) in [5.41, 5.74) is 6.21. The summed E-state index contributed by atoms with van der Waals surface area (Å²) >= 11 is 6.05. The minimum Gasteiger partial charge on any atom is -0.493 e. The minimum atomic E-state index is -0.470. The summed E-state index contributed by atoms with van der Waals surface area (Å²) in [4.78, 5) is 18.5.